The first-order chi connectivity index (χ1) is 14.0. The molecule has 1 amide bonds. The number of ether oxygens (including phenoxy) is 2. The summed E-state index contributed by atoms with van der Waals surface area (Å²) >= 11 is 0. The summed E-state index contributed by atoms with van der Waals surface area (Å²) in [4.78, 5) is 13.6. The van der Waals surface area contributed by atoms with Gasteiger partial charge in [-0.3, -0.25) is 4.79 Å². The molecule has 2 aromatic carbocycles. The molecule has 2 aromatic rings. The van der Waals surface area contributed by atoms with Crippen LogP contribution in [0, 0.1) is 6.92 Å². The highest BCUT2D eigenvalue weighted by molar-refractivity contribution is 5.73. The molecule has 0 bridgehead atoms. The molecular formula is C24H32N2O3. The van der Waals surface area contributed by atoms with E-state index >= 15 is 0 Å². The van der Waals surface area contributed by atoms with Crippen molar-refractivity contribution in [1.29, 1.82) is 0 Å². The Hall–Kier alpha value is -2.69. The van der Waals surface area contributed by atoms with Gasteiger partial charge in [0.25, 0.3) is 0 Å². The van der Waals surface area contributed by atoms with Gasteiger partial charge >= 0.3 is 0 Å². The van der Waals surface area contributed by atoms with Crippen LogP contribution in [0.15, 0.2) is 42.5 Å². The Morgan fingerprint density at radius 3 is 2.59 bits per heavy atom. The number of hydrogen-bond acceptors (Lipinski definition) is 4. The molecule has 0 aliphatic carbocycles. The van der Waals surface area contributed by atoms with Crippen molar-refractivity contribution in [2.24, 2.45) is 0 Å². The minimum absolute atomic E-state index is 0.00391. The van der Waals surface area contributed by atoms with E-state index < -0.39 is 0 Å². The minimum Gasteiger partial charge on any atom is -0.494 e. The first kappa shape index (κ1) is 21.0. The van der Waals surface area contributed by atoms with Crippen LogP contribution in [0.5, 0.6) is 11.5 Å². The molecule has 1 aliphatic heterocycles. The van der Waals surface area contributed by atoms with E-state index in [0.717, 1.165) is 49.6 Å². The average molecular weight is 397 g/mol. The first-order valence-electron chi connectivity index (χ1n) is 10.5. The number of rotatable bonds is 8. The van der Waals surface area contributed by atoms with Gasteiger partial charge in [-0.25, -0.2) is 0 Å². The molecule has 0 radical (unpaired) electrons. The summed E-state index contributed by atoms with van der Waals surface area (Å²) in [5.74, 6) is 1.79. The van der Waals surface area contributed by atoms with E-state index in [4.69, 9.17) is 9.47 Å². The molecule has 5 heteroatoms. The molecule has 2 atom stereocenters. The van der Waals surface area contributed by atoms with E-state index in [1.54, 1.807) is 0 Å². The van der Waals surface area contributed by atoms with Crippen LogP contribution in [0.25, 0.3) is 0 Å². The predicted molar refractivity (Wildman–Crippen MR) is 117 cm³/mol. The Morgan fingerprint density at radius 1 is 1.21 bits per heavy atom. The number of nitrogens with zero attached hydrogens (tertiary/aromatic N) is 1. The zero-order chi connectivity index (χ0) is 20.8. The van der Waals surface area contributed by atoms with E-state index in [-0.39, 0.29) is 18.1 Å². The molecule has 1 aliphatic rings. The second kappa shape index (κ2) is 9.68. The summed E-state index contributed by atoms with van der Waals surface area (Å²) in [5.41, 5.74) is 3.55. The van der Waals surface area contributed by atoms with Gasteiger partial charge in [0.1, 0.15) is 17.6 Å². The number of carbonyl (C=O) groups is 1. The third-order valence-corrected chi connectivity index (χ3v) is 5.23. The van der Waals surface area contributed by atoms with Gasteiger partial charge in [-0.15, -0.1) is 0 Å². The van der Waals surface area contributed by atoms with Gasteiger partial charge < -0.3 is 19.7 Å². The lowest BCUT2D eigenvalue weighted by Crippen LogP contribution is -2.25. The van der Waals surface area contributed by atoms with Gasteiger partial charge in [-0.2, -0.15) is 0 Å². The maximum atomic E-state index is 11.2. The Balaban J connectivity index is 1.56. The Bertz CT molecular complexity index is 819. The summed E-state index contributed by atoms with van der Waals surface area (Å²) in [6.45, 7) is 10.4. The Labute approximate surface area is 174 Å². The lowest BCUT2D eigenvalue weighted by molar-refractivity contribution is -0.119. The number of aryl methyl sites for hydroxylation is 1. The molecule has 1 heterocycles. The second-order valence-corrected chi connectivity index (χ2v) is 7.76. The van der Waals surface area contributed by atoms with Crippen molar-refractivity contribution in [3.05, 3.63) is 53.6 Å². The SMILES string of the molecule is CCCOc1ccc(N2CCC(Oc3ccc(C(C)NC(C)=O)cc3)C2)c(C)c1. The van der Waals surface area contributed by atoms with Gasteiger partial charge in [0.2, 0.25) is 5.91 Å². The van der Waals surface area contributed by atoms with Gasteiger partial charge in [-0.1, -0.05) is 19.1 Å². The van der Waals surface area contributed by atoms with Crippen molar-refractivity contribution in [2.45, 2.75) is 52.7 Å². The van der Waals surface area contributed by atoms with Crippen molar-refractivity contribution in [3.8, 4) is 11.5 Å². The summed E-state index contributed by atoms with van der Waals surface area (Å²) < 4.78 is 11.9. The highest BCUT2D eigenvalue weighted by Crippen LogP contribution is 2.29. The number of nitrogens with one attached hydrogen (secondary N) is 1. The zero-order valence-corrected chi connectivity index (χ0v) is 17.9. The summed E-state index contributed by atoms with van der Waals surface area (Å²) in [5, 5.41) is 2.90. The van der Waals surface area contributed by atoms with Crippen LogP contribution < -0.4 is 19.7 Å². The predicted octanol–water partition coefficient (Wildman–Crippen LogP) is 4.64. The summed E-state index contributed by atoms with van der Waals surface area (Å²) in [6, 6.07) is 14.3. The fourth-order valence-corrected chi connectivity index (χ4v) is 3.75. The lowest BCUT2D eigenvalue weighted by atomic mass is 10.1. The molecule has 1 fully saturated rings. The summed E-state index contributed by atoms with van der Waals surface area (Å²) in [6.07, 6.45) is 2.18. The van der Waals surface area contributed by atoms with Crippen LogP contribution in [0.3, 0.4) is 0 Å². The first-order valence-corrected chi connectivity index (χ1v) is 10.5. The largest absolute Gasteiger partial charge is 0.494 e. The van der Waals surface area contributed by atoms with Crippen LogP contribution in [0.2, 0.25) is 0 Å². The van der Waals surface area contributed by atoms with Gasteiger partial charge in [0.15, 0.2) is 0 Å². The molecule has 3 rings (SSSR count). The van der Waals surface area contributed by atoms with Crippen molar-refractivity contribution in [3.63, 3.8) is 0 Å². The second-order valence-electron chi connectivity index (χ2n) is 7.76. The third-order valence-electron chi connectivity index (χ3n) is 5.23. The van der Waals surface area contributed by atoms with Crippen LogP contribution in [0.1, 0.15) is 50.8 Å². The molecule has 0 aromatic heterocycles. The highest BCUT2D eigenvalue weighted by Gasteiger charge is 2.25. The standard InChI is InChI=1S/C24H32N2O3/c1-5-14-28-22-10-11-24(17(2)15-22)26-13-12-23(16-26)29-21-8-6-20(7-9-21)18(3)25-19(4)27/h6-11,15,18,23H,5,12-14,16H2,1-4H3,(H,25,27). The highest BCUT2D eigenvalue weighted by atomic mass is 16.5. The third kappa shape index (κ3) is 5.66. The van der Waals surface area contributed by atoms with Gasteiger partial charge in [0.05, 0.1) is 19.2 Å². The molecule has 1 N–H and O–H groups in total. The summed E-state index contributed by atoms with van der Waals surface area (Å²) in [7, 11) is 0. The number of anilines is 1. The van der Waals surface area contributed by atoms with Crippen molar-refractivity contribution >= 4 is 11.6 Å². The topological polar surface area (TPSA) is 50.8 Å². The molecular weight excluding hydrogens is 364 g/mol. The van der Waals surface area contributed by atoms with Crippen LogP contribution in [-0.4, -0.2) is 31.7 Å². The van der Waals surface area contributed by atoms with E-state index in [9.17, 15) is 4.79 Å². The maximum Gasteiger partial charge on any atom is 0.217 e. The smallest absolute Gasteiger partial charge is 0.217 e. The molecule has 5 nitrogen and oxygen atoms in total. The molecule has 156 valence electrons. The number of amides is 1. The van der Waals surface area contributed by atoms with Crippen LogP contribution in [0.4, 0.5) is 5.69 Å². The fraction of sp³-hybridized carbons (Fsp3) is 0.458. The number of benzene rings is 2. The molecule has 1 saturated heterocycles. The maximum absolute atomic E-state index is 11.2. The number of hydrogen-bond donors (Lipinski definition) is 1. The normalized spacial score (nSPS) is 17.1. The Kier molecular flexibility index (Phi) is 7.02. The minimum atomic E-state index is -0.0240. The van der Waals surface area contributed by atoms with E-state index in [2.05, 4.69) is 42.3 Å². The number of carbonyl (C=O) groups excluding carboxylic acids is 1. The van der Waals surface area contributed by atoms with Crippen LogP contribution >= 0.6 is 0 Å². The van der Waals surface area contributed by atoms with E-state index in [1.165, 1.54) is 18.2 Å². The average Bonchev–Trinajstić information content (AvgIpc) is 3.14. The Morgan fingerprint density at radius 2 is 1.93 bits per heavy atom. The van der Waals surface area contributed by atoms with Crippen molar-refractivity contribution in [2.75, 3.05) is 24.6 Å². The van der Waals surface area contributed by atoms with Crippen molar-refractivity contribution < 1.29 is 14.3 Å². The fourth-order valence-electron chi connectivity index (χ4n) is 3.75. The quantitative estimate of drug-likeness (QED) is 0.706. The van der Waals surface area contributed by atoms with E-state index in [1.807, 2.05) is 31.2 Å². The van der Waals surface area contributed by atoms with Crippen LogP contribution in [-0.2, 0) is 4.79 Å². The lowest BCUT2D eigenvalue weighted by Gasteiger charge is -2.22. The molecule has 0 spiro atoms. The van der Waals surface area contributed by atoms with E-state index in [0.29, 0.717) is 0 Å². The molecule has 29 heavy (non-hydrogen) atoms. The van der Waals surface area contributed by atoms with Crippen molar-refractivity contribution in [1.82, 2.24) is 5.32 Å². The monoisotopic (exact) mass is 396 g/mol. The molecule has 2 unspecified atom stereocenters. The van der Waals surface area contributed by atoms with Gasteiger partial charge in [0, 0.05) is 25.6 Å². The molecule has 0 saturated carbocycles. The van der Waals surface area contributed by atoms with Gasteiger partial charge in [-0.05, 0) is 61.7 Å². The zero-order valence-electron chi connectivity index (χ0n) is 17.9.